The summed E-state index contributed by atoms with van der Waals surface area (Å²) >= 11 is 0. The second-order valence-corrected chi connectivity index (χ2v) is 7.05. The maximum Gasteiger partial charge on any atom is 0.407 e. The molecule has 0 aromatic rings. The first-order chi connectivity index (χ1) is 9.51. The van der Waals surface area contributed by atoms with Crippen molar-refractivity contribution >= 4 is 12.1 Å². The molecule has 0 aliphatic heterocycles. The van der Waals surface area contributed by atoms with Crippen LogP contribution in [0, 0.1) is 5.41 Å². The van der Waals surface area contributed by atoms with Gasteiger partial charge in [0.1, 0.15) is 5.60 Å². The summed E-state index contributed by atoms with van der Waals surface area (Å²) in [6, 6.07) is 0.00813. The van der Waals surface area contributed by atoms with Gasteiger partial charge in [-0.3, -0.25) is 4.79 Å². The average Bonchev–Trinajstić information content (AvgIpc) is 2.33. The Labute approximate surface area is 128 Å². The molecule has 124 valence electrons. The van der Waals surface area contributed by atoms with Gasteiger partial charge in [-0.15, -0.1) is 0 Å². The van der Waals surface area contributed by atoms with E-state index < -0.39 is 17.1 Å². The lowest BCUT2D eigenvalue weighted by Gasteiger charge is -2.26. The number of carbonyl (C=O) groups excluding carboxylic acids is 2. The highest BCUT2D eigenvalue weighted by Crippen LogP contribution is 2.25. The summed E-state index contributed by atoms with van der Waals surface area (Å²) in [7, 11) is 1.40. The monoisotopic (exact) mass is 301 g/mol. The van der Waals surface area contributed by atoms with E-state index in [0.717, 1.165) is 19.3 Å². The first-order valence-electron chi connectivity index (χ1n) is 7.59. The van der Waals surface area contributed by atoms with Crippen LogP contribution in [0.3, 0.4) is 0 Å². The molecule has 0 radical (unpaired) electrons. The van der Waals surface area contributed by atoms with Crippen molar-refractivity contribution in [3.8, 4) is 0 Å². The Kier molecular flexibility index (Phi) is 7.75. The maximum atomic E-state index is 11.8. The minimum Gasteiger partial charge on any atom is -0.469 e. The standard InChI is InChI=1S/C16H31NO4/c1-8-9-12(17-14(19)21-15(2,3)4)10-11-16(5,6)13(18)20-7/h12H,8-11H2,1-7H3,(H,17,19). The smallest absolute Gasteiger partial charge is 0.407 e. The molecule has 1 atom stereocenters. The first-order valence-corrected chi connectivity index (χ1v) is 7.59. The number of hydrogen-bond donors (Lipinski definition) is 1. The van der Waals surface area contributed by atoms with Crippen LogP contribution < -0.4 is 5.32 Å². The lowest BCUT2D eigenvalue weighted by Crippen LogP contribution is -2.40. The zero-order chi connectivity index (χ0) is 16.7. The highest BCUT2D eigenvalue weighted by molar-refractivity contribution is 5.75. The summed E-state index contributed by atoms with van der Waals surface area (Å²) in [5.74, 6) is -0.227. The molecule has 1 unspecified atom stereocenters. The molecular formula is C16H31NO4. The summed E-state index contributed by atoms with van der Waals surface area (Å²) in [5.41, 5.74) is -1.05. The molecule has 0 bridgehead atoms. The van der Waals surface area contributed by atoms with Gasteiger partial charge in [-0.1, -0.05) is 13.3 Å². The van der Waals surface area contributed by atoms with Crippen LogP contribution in [-0.2, 0) is 14.3 Å². The second kappa shape index (κ2) is 8.25. The normalized spacial score (nSPS) is 13.5. The molecule has 0 aliphatic rings. The lowest BCUT2D eigenvalue weighted by molar-refractivity contribution is -0.151. The third-order valence-corrected chi connectivity index (χ3v) is 3.21. The quantitative estimate of drug-likeness (QED) is 0.729. The Morgan fingerprint density at radius 1 is 1.10 bits per heavy atom. The summed E-state index contributed by atoms with van der Waals surface area (Å²) in [6.07, 6.45) is 2.78. The Morgan fingerprint density at radius 2 is 1.67 bits per heavy atom. The third kappa shape index (κ3) is 8.58. The second-order valence-electron chi connectivity index (χ2n) is 7.05. The first kappa shape index (κ1) is 19.7. The SMILES string of the molecule is CCCC(CCC(C)(C)C(=O)OC)NC(=O)OC(C)(C)C. The van der Waals surface area contributed by atoms with E-state index in [1.807, 2.05) is 34.6 Å². The molecule has 0 aromatic heterocycles. The number of alkyl carbamates (subject to hydrolysis) is 1. The zero-order valence-corrected chi connectivity index (χ0v) is 14.5. The van der Waals surface area contributed by atoms with Crippen molar-refractivity contribution in [2.45, 2.75) is 78.9 Å². The van der Waals surface area contributed by atoms with Crippen LogP contribution in [0.2, 0.25) is 0 Å². The minimum absolute atomic E-state index is 0.00813. The van der Waals surface area contributed by atoms with Crippen molar-refractivity contribution in [3.05, 3.63) is 0 Å². The highest BCUT2D eigenvalue weighted by atomic mass is 16.6. The van der Waals surface area contributed by atoms with Crippen molar-refractivity contribution in [1.82, 2.24) is 5.32 Å². The van der Waals surface area contributed by atoms with Gasteiger partial charge in [0.15, 0.2) is 0 Å². The molecule has 0 aliphatic carbocycles. The number of carbonyl (C=O) groups is 2. The summed E-state index contributed by atoms with van der Waals surface area (Å²) in [5, 5.41) is 2.89. The van der Waals surface area contributed by atoms with Gasteiger partial charge in [0.2, 0.25) is 0 Å². The Balaban J connectivity index is 4.50. The molecule has 1 N–H and O–H groups in total. The molecule has 5 nitrogen and oxygen atoms in total. The molecule has 0 rings (SSSR count). The van der Waals surface area contributed by atoms with Crippen LogP contribution in [0.4, 0.5) is 4.79 Å². The highest BCUT2D eigenvalue weighted by Gasteiger charge is 2.30. The number of rotatable bonds is 7. The van der Waals surface area contributed by atoms with Crippen LogP contribution in [0.1, 0.15) is 67.2 Å². The van der Waals surface area contributed by atoms with Gasteiger partial charge in [-0.25, -0.2) is 4.79 Å². The number of nitrogens with one attached hydrogen (secondary N) is 1. The summed E-state index contributed by atoms with van der Waals surface area (Å²) < 4.78 is 10.1. The molecule has 0 fully saturated rings. The Morgan fingerprint density at radius 3 is 2.10 bits per heavy atom. The Hall–Kier alpha value is -1.26. The van der Waals surface area contributed by atoms with Crippen molar-refractivity contribution < 1.29 is 19.1 Å². The van der Waals surface area contributed by atoms with Gasteiger partial charge in [0, 0.05) is 6.04 Å². The van der Waals surface area contributed by atoms with E-state index in [0.29, 0.717) is 6.42 Å². The van der Waals surface area contributed by atoms with E-state index in [-0.39, 0.29) is 12.0 Å². The molecule has 0 heterocycles. The van der Waals surface area contributed by atoms with Gasteiger partial charge >= 0.3 is 12.1 Å². The van der Waals surface area contributed by atoms with Gasteiger partial charge in [0.25, 0.3) is 0 Å². The third-order valence-electron chi connectivity index (χ3n) is 3.21. The van der Waals surface area contributed by atoms with Crippen molar-refractivity contribution in [2.24, 2.45) is 5.41 Å². The molecular weight excluding hydrogens is 270 g/mol. The fourth-order valence-electron chi connectivity index (χ4n) is 2.02. The number of ether oxygens (including phenoxy) is 2. The van der Waals surface area contributed by atoms with Crippen molar-refractivity contribution in [3.63, 3.8) is 0 Å². The van der Waals surface area contributed by atoms with Crippen LogP contribution >= 0.6 is 0 Å². The zero-order valence-electron chi connectivity index (χ0n) is 14.5. The van der Waals surface area contributed by atoms with Crippen molar-refractivity contribution in [1.29, 1.82) is 0 Å². The minimum atomic E-state index is -0.545. The van der Waals surface area contributed by atoms with E-state index in [1.165, 1.54) is 7.11 Å². The summed E-state index contributed by atoms with van der Waals surface area (Å²) in [4.78, 5) is 23.5. The molecule has 0 saturated heterocycles. The van der Waals surface area contributed by atoms with E-state index in [1.54, 1.807) is 0 Å². The predicted molar refractivity (Wildman–Crippen MR) is 83.1 cm³/mol. The number of esters is 1. The predicted octanol–water partition coefficient (Wildman–Crippen LogP) is 3.66. The summed E-state index contributed by atoms with van der Waals surface area (Å²) in [6.45, 7) is 11.3. The molecule has 0 aromatic carbocycles. The number of hydrogen-bond acceptors (Lipinski definition) is 4. The average molecular weight is 301 g/mol. The number of methoxy groups -OCH3 is 1. The van der Waals surface area contributed by atoms with Crippen LogP contribution in [0.5, 0.6) is 0 Å². The van der Waals surface area contributed by atoms with Crippen molar-refractivity contribution in [2.75, 3.05) is 7.11 Å². The van der Waals surface area contributed by atoms with Gasteiger partial charge in [-0.05, 0) is 53.9 Å². The fraction of sp³-hybridized carbons (Fsp3) is 0.875. The van der Waals surface area contributed by atoms with Crippen LogP contribution in [0.15, 0.2) is 0 Å². The van der Waals surface area contributed by atoms with Gasteiger partial charge in [-0.2, -0.15) is 0 Å². The largest absolute Gasteiger partial charge is 0.469 e. The number of amides is 1. The maximum absolute atomic E-state index is 11.8. The fourth-order valence-corrected chi connectivity index (χ4v) is 2.02. The van der Waals surface area contributed by atoms with Crippen LogP contribution in [0.25, 0.3) is 0 Å². The molecule has 21 heavy (non-hydrogen) atoms. The van der Waals surface area contributed by atoms with E-state index in [4.69, 9.17) is 9.47 Å². The molecule has 0 spiro atoms. The topological polar surface area (TPSA) is 64.6 Å². The van der Waals surface area contributed by atoms with E-state index in [2.05, 4.69) is 12.2 Å². The molecule has 0 saturated carbocycles. The molecule has 1 amide bonds. The Bertz CT molecular complexity index is 345. The van der Waals surface area contributed by atoms with E-state index in [9.17, 15) is 9.59 Å². The van der Waals surface area contributed by atoms with Gasteiger partial charge < -0.3 is 14.8 Å². The lowest BCUT2D eigenvalue weighted by atomic mass is 9.85. The van der Waals surface area contributed by atoms with Crippen LogP contribution in [-0.4, -0.2) is 30.8 Å². The van der Waals surface area contributed by atoms with Gasteiger partial charge in [0.05, 0.1) is 12.5 Å². The molecule has 5 heteroatoms. The van der Waals surface area contributed by atoms with E-state index >= 15 is 0 Å².